The fourth-order valence-corrected chi connectivity index (χ4v) is 2.41. The van der Waals surface area contributed by atoms with Crippen LogP contribution in [0.3, 0.4) is 0 Å². The number of para-hydroxylation sites is 1. The first-order chi connectivity index (χ1) is 10.3. The van der Waals surface area contributed by atoms with Gasteiger partial charge in [0.05, 0.1) is 11.7 Å². The minimum Gasteiger partial charge on any atom is -0.456 e. The van der Waals surface area contributed by atoms with E-state index in [-0.39, 0.29) is 0 Å². The van der Waals surface area contributed by atoms with Crippen molar-refractivity contribution < 1.29 is 4.74 Å². The van der Waals surface area contributed by atoms with E-state index in [4.69, 9.17) is 10.5 Å². The molecule has 1 aromatic heterocycles. The molecule has 0 spiro atoms. The van der Waals surface area contributed by atoms with Crippen LogP contribution in [0.15, 0.2) is 54.7 Å². The highest BCUT2D eigenvalue weighted by atomic mass is 16.5. The monoisotopic (exact) mass is 278 g/mol. The molecule has 106 valence electrons. The molecule has 21 heavy (non-hydrogen) atoms. The predicted octanol–water partition coefficient (Wildman–Crippen LogP) is 3.84. The standard InChI is InChI=1S/C18H18N2O/c1-13-10-16(7-6-14(13)8-9-19)21-17-11-15-4-2-3-5-18(15)20-12-17/h2-7,10-12H,8-9,19H2,1H3. The van der Waals surface area contributed by atoms with Gasteiger partial charge in [0.2, 0.25) is 0 Å². The fraction of sp³-hybridized carbons (Fsp3) is 0.167. The zero-order chi connectivity index (χ0) is 14.7. The van der Waals surface area contributed by atoms with Gasteiger partial charge in [0.25, 0.3) is 0 Å². The van der Waals surface area contributed by atoms with Crippen LogP contribution in [0.2, 0.25) is 0 Å². The molecule has 2 N–H and O–H groups in total. The van der Waals surface area contributed by atoms with Crippen molar-refractivity contribution in [2.45, 2.75) is 13.3 Å². The molecule has 2 aromatic carbocycles. The van der Waals surface area contributed by atoms with E-state index in [0.717, 1.165) is 28.8 Å². The van der Waals surface area contributed by atoms with Gasteiger partial charge in [-0.25, -0.2) is 0 Å². The van der Waals surface area contributed by atoms with Crippen LogP contribution in [0.1, 0.15) is 11.1 Å². The van der Waals surface area contributed by atoms with E-state index < -0.39 is 0 Å². The molecule has 0 unspecified atom stereocenters. The first kappa shape index (κ1) is 13.6. The van der Waals surface area contributed by atoms with Gasteiger partial charge < -0.3 is 10.5 Å². The van der Waals surface area contributed by atoms with Crippen molar-refractivity contribution in [2.24, 2.45) is 5.73 Å². The highest BCUT2D eigenvalue weighted by molar-refractivity contribution is 5.79. The van der Waals surface area contributed by atoms with Gasteiger partial charge in [-0.05, 0) is 55.3 Å². The molecule has 3 heteroatoms. The van der Waals surface area contributed by atoms with Gasteiger partial charge in [-0.15, -0.1) is 0 Å². The molecule has 0 amide bonds. The Morgan fingerprint density at radius 3 is 2.71 bits per heavy atom. The summed E-state index contributed by atoms with van der Waals surface area (Å²) in [7, 11) is 0. The Balaban J connectivity index is 1.86. The third kappa shape index (κ3) is 3.03. The first-order valence-electron chi connectivity index (χ1n) is 7.08. The molecule has 0 radical (unpaired) electrons. The largest absolute Gasteiger partial charge is 0.456 e. The van der Waals surface area contributed by atoms with E-state index >= 15 is 0 Å². The van der Waals surface area contributed by atoms with Crippen LogP contribution < -0.4 is 10.5 Å². The minimum absolute atomic E-state index is 0.662. The lowest BCUT2D eigenvalue weighted by Gasteiger charge is -2.10. The van der Waals surface area contributed by atoms with Crippen molar-refractivity contribution in [3.8, 4) is 11.5 Å². The van der Waals surface area contributed by atoms with Crippen molar-refractivity contribution in [3.05, 3.63) is 65.9 Å². The maximum absolute atomic E-state index is 5.91. The number of hydrogen-bond acceptors (Lipinski definition) is 3. The molecular weight excluding hydrogens is 260 g/mol. The van der Waals surface area contributed by atoms with Crippen LogP contribution in [-0.4, -0.2) is 11.5 Å². The van der Waals surface area contributed by atoms with Crippen LogP contribution in [0.4, 0.5) is 0 Å². The van der Waals surface area contributed by atoms with Crippen molar-refractivity contribution in [2.75, 3.05) is 6.54 Å². The maximum Gasteiger partial charge on any atom is 0.146 e. The SMILES string of the molecule is Cc1cc(Oc2cnc3ccccc3c2)ccc1CCN. The predicted molar refractivity (Wildman–Crippen MR) is 85.8 cm³/mol. The van der Waals surface area contributed by atoms with Crippen molar-refractivity contribution in [1.29, 1.82) is 0 Å². The molecule has 3 aromatic rings. The summed E-state index contributed by atoms with van der Waals surface area (Å²) in [6.45, 7) is 2.74. The second-order valence-corrected chi connectivity index (χ2v) is 5.09. The lowest BCUT2D eigenvalue weighted by atomic mass is 10.1. The van der Waals surface area contributed by atoms with Gasteiger partial charge in [0.15, 0.2) is 0 Å². The molecule has 0 saturated heterocycles. The molecule has 0 bridgehead atoms. The normalized spacial score (nSPS) is 10.8. The van der Waals surface area contributed by atoms with Crippen LogP contribution >= 0.6 is 0 Å². The number of pyridine rings is 1. The fourth-order valence-electron chi connectivity index (χ4n) is 2.41. The van der Waals surface area contributed by atoms with Gasteiger partial charge >= 0.3 is 0 Å². The van der Waals surface area contributed by atoms with Crippen LogP contribution in [0.5, 0.6) is 11.5 Å². The molecule has 0 atom stereocenters. The Hall–Kier alpha value is -2.39. The Kier molecular flexibility index (Phi) is 3.84. The second kappa shape index (κ2) is 5.94. The topological polar surface area (TPSA) is 48.1 Å². The van der Waals surface area contributed by atoms with E-state index in [1.165, 1.54) is 11.1 Å². The number of nitrogens with zero attached hydrogens (tertiary/aromatic N) is 1. The third-order valence-corrected chi connectivity index (χ3v) is 3.53. The van der Waals surface area contributed by atoms with E-state index in [1.807, 2.05) is 42.5 Å². The zero-order valence-corrected chi connectivity index (χ0v) is 12.0. The molecule has 0 saturated carbocycles. The number of aromatic nitrogens is 1. The minimum atomic E-state index is 0.662. The van der Waals surface area contributed by atoms with Crippen molar-refractivity contribution in [3.63, 3.8) is 0 Å². The summed E-state index contributed by atoms with van der Waals surface area (Å²) in [5.74, 6) is 1.57. The number of fused-ring (bicyclic) bond motifs is 1. The number of rotatable bonds is 4. The van der Waals surface area contributed by atoms with E-state index in [0.29, 0.717) is 6.54 Å². The summed E-state index contributed by atoms with van der Waals surface area (Å²) in [6, 6.07) is 16.1. The van der Waals surface area contributed by atoms with E-state index in [2.05, 4.69) is 18.0 Å². The molecule has 1 heterocycles. The lowest BCUT2D eigenvalue weighted by Crippen LogP contribution is -2.04. The summed E-state index contributed by atoms with van der Waals surface area (Å²) < 4.78 is 5.91. The summed E-state index contributed by atoms with van der Waals surface area (Å²) in [5, 5.41) is 1.08. The number of ether oxygens (including phenoxy) is 1. The Morgan fingerprint density at radius 2 is 1.90 bits per heavy atom. The molecule has 0 aliphatic heterocycles. The highest BCUT2D eigenvalue weighted by Crippen LogP contribution is 2.25. The number of nitrogens with two attached hydrogens (primary N) is 1. The second-order valence-electron chi connectivity index (χ2n) is 5.09. The Bertz CT molecular complexity index is 768. The van der Waals surface area contributed by atoms with E-state index in [1.54, 1.807) is 6.20 Å². The Labute approximate surface area is 124 Å². The van der Waals surface area contributed by atoms with E-state index in [9.17, 15) is 0 Å². The number of aryl methyl sites for hydroxylation is 1. The van der Waals surface area contributed by atoms with Crippen LogP contribution in [0, 0.1) is 6.92 Å². The van der Waals surface area contributed by atoms with Gasteiger partial charge in [-0.2, -0.15) is 0 Å². The van der Waals surface area contributed by atoms with Gasteiger partial charge in [0, 0.05) is 5.39 Å². The Morgan fingerprint density at radius 1 is 1.05 bits per heavy atom. The van der Waals surface area contributed by atoms with Crippen LogP contribution in [-0.2, 0) is 6.42 Å². The summed E-state index contributed by atoms with van der Waals surface area (Å²) in [6.07, 6.45) is 2.65. The summed E-state index contributed by atoms with van der Waals surface area (Å²) in [4.78, 5) is 4.41. The smallest absolute Gasteiger partial charge is 0.146 e. The van der Waals surface area contributed by atoms with Crippen molar-refractivity contribution >= 4 is 10.9 Å². The molecule has 3 nitrogen and oxygen atoms in total. The average molecular weight is 278 g/mol. The maximum atomic E-state index is 5.91. The average Bonchev–Trinajstić information content (AvgIpc) is 2.50. The van der Waals surface area contributed by atoms with Crippen LogP contribution in [0.25, 0.3) is 10.9 Å². The third-order valence-electron chi connectivity index (χ3n) is 3.53. The van der Waals surface area contributed by atoms with Gasteiger partial charge in [0.1, 0.15) is 11.5 Å². The highest BCUT2D eigenvalue weighted by Gasteiger charge is 2.03. The van der Waals surface area contributed by atoms with Crippen molar-refractivity contribution in [1.82, 2.24) is 4.98 Å². The lowest BCUT2D eigenvalue weighted by molar-refractivity contribution is 0.480. The molecule has 0 aliphatic carbocycles. The number of benzene rings is 2. The first-order valence-corrected chi connectivity index (χ1v) is 7.08. The van der Waals surface area contributed by atoms with Gasteiger partial charge in [-0.1, -0.05) is 24.3 Å². The molecule has 0 fully saturated rings. The summed E-state index contributed by atoms with van der Waals surface area (Å²) >= 11 is 0. The van der Waals surface area contributed by atoms with Gasteiger partial charge in [-0.3, -0.25) is 4.98 Å². The summed E-state index contributed by atoms with van der Waals surface area (Å²) in [5.41, 5.74) is 9.04. The molecule has 3 rings (SSSR count). The zero-order valence-electron chi connectivity index (χ0n) is 12.0. The molecular formula is C18H18N2O. The molecule has 0 aliphatic rings. The quantitative estimate of drug-likeness (QED) is 0.789. The number of hydrogen-bond donors (Lipinski definition) is 1.